The third-order valence-electron chi connectivity index (χ3n) is 3.89. The van der Waals surface area contributed by atoms with Crippen LogP contribution in [0.4, 0.5) is 0 Å². The Labute approximate surface area is 111 Å². The summed E-state index contributed by atoms with van der Waals surface area (Å²) in [6.45, 7) is 12.7. The molecule has 0 radical (unpaired) electrons. The van der Waals surface area contributed by atoms with E-state index in [1.807, 2.05) is 0 Å². The van der Waals surface area contributed by atoms with Crippen molar-refractivity contribution in [3.63, 3.8) is 0 Å². The molecule has 1 amide bonds. The highest BCUT2D eigenvalue weighted by molar-refractivity contribution is 6.23. The lowest BCUT2D eigenvalue weighted by molar-refractivity contribution is -0.929. The molecule has 18 heavy (non-hydrogen) atoms. The number of quaternary nitrogens is 1. The zero-order valence-electron chi connectivity index (χ0n) is 11.9. The highest BCUT2D eigenvalue weighted by Gasteiger charge is 2.30. The van der Waals surface area contributed by atoms with Gasteiger partial charge in [-0.2, -0.15) is 0 Å². The standard InChI is InChI=1S/C12H23N3O2.CH3/c1-3-14-6-9-15(4-2,10-7-14)8-5-13-12(17)11-16;/h11H,3-10H2,1-2H3;1H3/q;-1/p+1. The van der Waals surface area contributed by atoms with Gasteiger partial charge < -0.3 is 17.2 Å². The summed E-state index contributed by atoms with van der Waals surface area (Å²) in [4.78, 5) is 23.5. The minimum absolute atomic E-state index is 0. The van der Waals surface area contributed by atoms with Gasteiger partial charge in [0.15, 0.2) is 0 Å². The summed E-state index contributed by atoms with van der Waals surface area (Å²) in [5.74, 6) is -0.508. The van der Waals surface area contributed by atoms with E-state index in [0.29, 0.717) is 12.8 Å². The minimum atomic E-state index is -0.508. The van der Waals surface area contributed by atoms with Gasteiger partial charge in [0.1, 0.15) is 0 Å². The van der Waals surface area contributed by atoms with Crippen molar-refractivity contribution in [1.29, 1.82) is 0 Å². The van der Waals surface area contributed by atoms with E-state index < -0.39 is 5.91 Å². The first kappa shape index (κ1) is 17.1. The van der Waals surface area contributed by atoms with Crippen LogP contribution in [0.2, 0.25) is 0 Å². The van der Waals surface area contributed by atoms with Crippen LogP contribution in [0, 0.1) is 7.43 Å². The SMILES string of the molecule is CCN1CC[N+](CC)(CCNC(=O)C=O)CC1.[CH3-]. The summed E-state index contributed by atoms with van der Waals surface area (Å²) in [6.07, 6.45) is 0.339. The first-order chi connectivity index (χ1) is 8.15. The second-order valence-corrected chi connectivity index (χ2v) is 4.67. The Morgan fingerprint density at radius 3 is 2.39 bits per heavy atom. The lowest BCUT2D eigenvalue weighted by atomic mass is 10.2. The topological polar surface area (TPSA) is 49.4 Å². The van der Waals surface area contributed by atoms with Crippen molar-refractivity contribution < 1.29 is 14.1 Å². The summed E-state index contributed by atoms with van der Waals surface area (Å²) < 4.78 is 1.05. The Hall–Kier alpha value is -0.940. The lowest BCUT2D eigenvalue weighted by Gasteiger charge is -2.44. The molecule has 1 aliphatic rings. The third-order valence-corrected chi connectivity index (χ3v) is 3.89. The molecule has 0 aromatic carbocycles. The Morgan fingerprint density at radius 2 is 1.94 bits per heavy atom. The molecule has 0 aliphatic carbocycles. The monoisotopic (exact) mass is 257 g/mol. The van der Waals surface area contributed by atoms with Crippen molar-refractivity contribution >= 4 is 12.2 Å². The van der Waals surface area contributed by atoms with E-state index >= 15 is 0 Å². The number of hydrogen-bond donors (Lipinski definition) is 1. The van der Waals surface area contributed by atoms with Gasteiger partial charge in [0.25, 0.3) is 5.91 Å². The molecule has 1 fully saturated rings. The number of rotatable bonds is 6. The molecular weight excluding hydrogens is 230 g/mol. The fourth-order valence-corrected chi connectivity index (χ4v) is 2.40. The normalized spacial score (nSPS) is 18.8. The van der Waals surface area contributed by atoms with Crippen molar-refractivity contribution in [2.75, 3.05) is 52.4 Å². The molecule has 0 unspecified atom stereocenters. The molecule has 1 N–H and O–H groups in total. The van der Waals surface area contributed by atoms with E-state index in [9.17, 15) is 9.59 Å². The minimum Gasteiger partial charge on any atom is -0.358 e. The first-order valence-electron chi connectivity index (χ1n) is 6.46. The summed E-state index contributed by atoms with van der Waals surface area (Å²) >= 11 is 0. The van der Waals surface area contributed by atoms with E-state index in [2.05, 4.69) is 24.1 Å². The van der Waals surface area contributed by atoms with Gasteiger partial charge in [-0.3, -0.25) is 14.5 Å². The van der Waals surface area contributed by atoms with Crippen LogP contribution in [0.25, 0.3) is 0 Å². The highest BCUT2D eigenvalue weighted by Crippen LogP contribution is 2.12. The fraction of sp³-hybridized carbons (Fsp3) is 0.769. The van der Waals surface area contributed by atoms with E-state index in [1.54, 1.807) is 0 Å². The van der Waals surface area contributed by atoms with Gasteiger partial charge in [-0.05, 0) is 13.5 Å². The Kier molecular flexibility index (Phi) is 7.78. The van der Waals surface area contributed by atoms with Crippen molar-refractivity contribution in [2.24, 2.45) is 0 Å². The first-order valence-corrected chi connectivity index (χ1v) is 6.46. The molecule has 1 heterocycles. The number of nitrogens with one attached hydrogen (secondary N) is 1. The molecule has 0 spiro atoms. The lowest BCUT2D eigenvalue weighted by Crippen LogP contribution is -2.61. The zero-order valence-corrected chi connectivity index (χ0v) is 11.9. The maximum atomic E-state index is 10.9. The van der Waals surface area contributed by atoms with Crippen LogP contribution in [-0.4, -0.2) is 73.9 Å². The van der Waals surface area contributed by atoms with Gasteiger partial charge in [0.05, 0.1) is 32.7 Å². The molecule has 1 aliphatic heterocycles. The van der Waals surface area contributed by atoms with E-state index in [4.69, 9.17) is 0 Å². The molecule has 0 aromatic heterocycles. The molecular formula is C13H27N3O2. The third kappa shape index (κ3) is 4.74. The van der Waals surface area contributed by atoms with Crippen LogP contribution in [-0.2, 0) is 9.59 Å². The number of carbonyl (C=O) groups is 2. The summed E-state index contributed by atoms with van der Waals surface area (Å²) in [5, 5.41) is 2.63. The highest BCUT2D eigenvalue weighted by atomic mass is 16.2. The summed E-state index contributed by atoms with van der Waals surface area (Å²) in [5.41, 5.74) is 0. The van der Waals surface area contributed by atoms with Gasteiger partial charge in [0, 0.05) is 13.1 Å². The van der Waals surface area contributed by atoms with Gasteiger partial charge in [-0.25, -0.2) is 0 Å². The van der Waals surface area contributed by atoms with Gasteiger partial charge in [-0.1, -0.05) is 6.92 Å². The van der Waals surface area contributed by atoms with Crippen molar-refractivity contribution in [1.82, 2.24) is 10.2 Å². The molecule has 5 heteroatoms. The summed E-state index contributed by atoms with van der Waals surface area (Å²) in [7, 11) is 0. The molecule has 1 saturated heterocycles. The maximum Gasteiger partial charge on any atom is 0.284 e. The molecule has 0 saturated carbocycles. The number of hydrogen-bond acceptors (Lipinski definition) is 3. The second kappa shape index (κ2) is 8.21. The average molecular weight is 257 g/mol. The molecule has 1 rings (SSSR count). The van der Waals surface area contributed by atoms with Gasteiger partial charge >= 0.3 is 0 Å². The van der Waals surface area contributed by atoms with Gasteiger partial charge in [-0.15, -0.1) is 0 Å². The van der Waals surface area contributed by atoms with Crippen molar-refractivity contribution in [2.45, 2.75) is 13.8 Å². The molecule has 0 aromatic rings. The number of piperazine rings is 1. The van der Waals surface area contributed by atoms with Crippen molar-refractivity contribution in [3.8, 4) is 0 Å². The van der Waals surface area contributed by atoms with Crippen LogP contribution >= 0.6 is 0 Å². The van der Waals surface area contributed by atoms with Gasteiger partial charge in [0.2, 0.25) is 6.29 Å². The second-order valence-electron chi connectivity index (χ2n) is 4.67. The maximum absolute atomic E-state index is 10.9. The zero-order chi connectivity index (χ0) is 12.7. The largest absolute Gasteiger partial charge is 0.358 e. The Balaban J connectivity index is 0.00000289. The van der Waals surface area contributed by atoms with Crippen molar-refractivity contribution in [3.05, 3.63) is 7.43 Å². The number of carbonyl (C=O) groups excluding carboxylic acids is 2. The Bertz CT molecular complexity index is 261. The van der Waals surface area contributed by atoms with E-state index in [1.165, 1.54) is 0 Å². The van der Waals surface area contributed by atoms with Crippen LogP contribution in [0.1, 0.15) is 13.8 Å². The predicted molar refractivity (Wildman–Crippen MR) is 73.0 cm³/mol. The molecule has 0 bridgehead atoms. The number of amides is 1. The van der Waals surface area contributed by atoms with Crippen LogP contribution in [0.3, 0.4) is 0 Å². The fourth-order valence-electron chi connectivity index (χ4n) is 2.40. The number of aldehydes is 1. The molecule has 106 valence electrons. The summed E-state index contributed by atoms with van der Waals surface area (Å²) in [6, 6.07) is 0. The average Bonchev–Trinajstić information content (AvgIpc) is 2.39. The molecule has 0 atom stereocenters. The molecule has 5 nitrogen and oxygen atoms in total. The van der Waals surface area contributed by atoms with Crippen LogP contribution in [0.5, 0.6) is 0 Å². The van der Waals surface area contributed by atoms with E-state index in [-0.39, 0.29) is 7.43 Å². The number of likely N-dealkylation sites (N-methyl/N-ethyl adjacent to an activating group) is 2. The quantitative estimate of drug-likeness (QED) is 0.313. The van der Waals surface area contributed by atoms with Crippen LogP contribution < -0.4 is 5.32 Å². The Morgan fingerprint density at radius 1 is 1.33 bits per heavy atom. The number of nitrogens with zero attached hydrogens (tertiary/aromatic N) is 2. The predicted octanol–water partition coefficient (Wildman–Crippen LogP) is -0.0760. The van der Waals surface area contributed by atoms with Crippen LogP contribution in [0.15, 0.2) is 0 Å². The smallest absolute Gasteiger partial charge is 0.284 e. The van der Waals surface area contributed by atoms with E-state index in [0.717, 1.165) is 50.3 Å².